The number of nitrogens with one attached hydrogen (secondary N) is 1. The van der Waals surface area contributed by atoms with Crippen LogP contribution in [0, 0.1) is 22.2 Å². The number of benzene rings is 1. The first-order valence-corrected chi connectivity index (χ1v) is 7.82. The number of methoxy groups -OCH3 is 1. The smallest absolute Gasteiger partial charge is 0.330 e. The molecule has 4 heteroatoms. The molecular formula is C19H26N2O2. The predicted molar refractivity (Wildman–Crippen MR) is 92.8 cm³/mol. The molecule has 124 valence electrons. The van der Waals surface area contributed by atoms with Crippen LogP contribution in [0.2, 0.25) is 0 Å². The maximum Gasteiger partial charge on any atom is 0.330 e. The topological polar surface area (TPSA) is 62.1 Å². The number of esters is 1. The fraction of sp³-hybridized carbons (Fsp3) is 0.474. The molecule has 0 spiro atoms. The van der Waals surface area contributed by atoms with E-state index in [0.717, 1.165) is 5.69 Å². The van der Waals surface area contributed by atoms with E-state index in [1.165, 1.54) is 7.11 Å². The van der Waals surface area contributed by atoms with Gasteiger partial charge in [0.1, 0.15) is 0 Å². The second kappa shape index (κ2) is 8.38. The van der Waals surface area contributed by atoms with Crippen molar-refractivity contribution < 1.29 is 9.53 Å². The summed E-state index contributed by atoms with van der Waals surface area (Å²) in [5.74, 6) is -0.500. The van der Waals surface area contributed by atoms with Crippen molar-refractivity contribution in [3.8, 4) is 6.07 Å². The quantitative estimate of drug-likeness (QED) is 0.466. The summed E-state index contributed by atoms with van der Waals surface area (Å²) in [7, 11) is 1.32. The maximum atomic E-state index is 12.1. The Labute approximate surface area is 139 Å². The highest BCUT2D eigenvalue weighted by atomic mass is 16.5. The molecule has 0 saturated heterocycles. The first-order chi connectivity index (χ1) is 10.8. The van der Waals surface area contributed by atoms with Gasteiger partial charge in [0.2, 0.25) is 0 Å². The molecule has 0 bridgehead atoms. The zero-order valence-corrected chi connectivity index (χ0v) is 14.4. The number of hydrogen-bond donors (Lipinski definition) is 1. The second-order valence-electron chi connectivity index (χ2n) is 6.67. The summed E-state index contributed by atoms with van der Waals surface area (Å²) in [6, 6.07) is 12.0. The van der Waals surface area contributed by atoms with Gasteiger partial charge in [0.05, 0.1) is 13.2 Å². The molecule has 1 aromatic carbocycles. The molecule has 0 radical (unpaired) electrons. The number of nitriles is 1. The van der Waals surface area contributed by atoms with E-state index in [2.05, 4.69) is 11.4 Å². The Hall–Kier alpha value is -2.28. The molecule has 0 aliphatic rings. The Balaban J connectivity index is 2.72. The van der Waals surface area contributed by atoms with Gasteiger partial charge in [-0.15, -0.1) is 0 Å². The number of hydrogen-bond acceptors (Lipinski definition) is 4. The van der Waals surface area contributed by atoms with Gasteiger partial charge in [-0.05, 0) is 30.4 Å². The van der Waals surface area contributed by atoms with Crippen molar-refractivity contribution in [3.63, 3.8) is 0 Å². The van der Waals surface area contributed by atoms with E-state index in [4.69, 9.17) is 4.74 Å². The third-order valence-corrected chi connectivity index (χ3v) is 3.47. The first-order valence-electron chi connectivity index (χ1n) is 7.82. The van der Waals surface area contributed by atoms with E-state index in [1.807, 2.05) is 57.2 Å². The molecule has 0 fully saturated rings. The fourth-order valence-corrected chi connectivity index (χ4v) is 2.12. The Morgan fingerprint density at radius 3 is 2.43 bits per heavy atom. The van der Waals surface area contributed by atoms with Crippen LogP contribution in [0.1, 0.15) is 33.6 Å². The molecule has 4 nitrogen and oxygen atoms in total. The van der Waals surface area contributed by atoms with Crippen LogP contribution in [0.15, 0.2) is 42.5 Å². The van der Waals surface area contributed by atoms with Gasteiger partial charge >= 0.3 is 5.97 Å². The fourth-order valence-electron chi connectivity index (χ4n) is 2.12. The van der Waals surface area contributed by atoms with Crippen molar-refractivity contribution in [3.05, 3.63) is 42.5 Å². The van der Waals surface area contributed by atoms with E-state index >= 15 is 0 Å². The zero-order valence-electron chi connectivity index (χ0n) is 14.4. The molecule has 0 heterocycles. The third kappa shape index (κ3) is 6.15. The third-order valence-electron chi connectivity index (χ3n) is 3.47. The van der Waals surface area contributed by atoms with E-state index < -0.39 is 11.4 Å². The van der Waals surface area contributed by atoms with Crippen molar-refractivity contribution in [2.75, 3.05) is 19.0 Å². The van der Waals surface area contributed by atoms with Crippen molar-refractivity contribution in [2.45, 2.75) is 33.6 Å². The maximum absolute atomic E-state index is 12.1. The second-order valence-corrected chi connectivity index (χ2v) is 6.67. The summed E-state index contributed by atoms with van der Waals surface area (Å²) >= 11 is 0. The number of carbonyl (C=O) groups excluding carboxylic acids is 1. The number of nitrogens with zero attached hydrogens (tertiary/aromatic N) is 1. The standard InChI is InChI=1S/C19H26N2O2/c1-18(2,3)12-13-19(15-20,17(22)23-4)11-8-14-21-16-9-6-5-7-10-16/h5-7,9-10,12-13,21H,8,11,14H2,1-4H3/b13-12+. The molecule has 0 aromatic heterocycles. The van der Waals surface area contributed by atoms with Crippen molar-refractivity contribution >= 4 is 11.7 Å². The van der Waals surface area contributed by atoms with Crippen LogP contribution in [0.4, 0.5) is 5.69 Å². The average Bonchev–Trinajstić information content (AvgIpc) is 2.54. The molecule has 1 atom stereocenters. The Bertz CT molecular complexity index is 567. The van der Waals surface area contributed by atoms with Gasteiger partial charge in [-0.25, -0.2) is 4.79 Å². The SMILES string of the molecule is COC(=O)C(C#N)(/C=C/C(C)(C)C)CCCNc1ccccc1. The summed E-state index contributed by atoms with van der Waals surface area (Å²) in [6.07, 6.45) is 4.70. The molecule has 0 aliphatic heterocycles. The van der Waals surface area contributed by atoms with Gasteiger partial charge in [-0.1, -0.05) is 51.1 Å². The van der Waals surface area contributed by atoms with Crippen LogP contribution in [0.5, 0.6) is 0 Å². The van der Waals surface area contributed by atoms with Gasteiger partial charge in [0, 0.05) is 12.2 Å². The largest absolute Gasteiger partial charge is 0.468 e. The van der Waals surface area contributed by atoms with Crippen molar-refractivity contribution in [1.29, 1.82) is 5.26 Å². The van der Waals surface area contributed by atoms with E-state index in [1.54, 1.807) is 6.08 Å². The van der Waals surface area contributed by atoms with Crippen LogP contribution in [-0.4, -0.2) is 19.6 Å². The van der Waals surface area contributed by atoms with Crippen LogP contribution >= 0.6 is 0 Å². The van der Waals surface area contributed by atoms with Gasteiger partial charge in [0.15, 0.2) is 5.41 Å². The van der Waals surface area contributed by atoms with Crippen LogP contribution in [0.25, 0.3) is 0 Å². The highest BCUT2D eigenvalue weighted by Crippen LogP contribution is 2.29. The molecule has 1 unspecified atom stereocenters. The Morgan fingerprint density at radius 1 is 1.26 bits per heavy atom. The monoisotopic (exact) mass is 314 g/mol. The zero-order chi connectivity index (χ0) is 17.3. The lowest BCUT2D eigenvalue weighted by Gasteiger charge is -2.22. The highest BCUT2D eigenvalue weighted by molar-refractivity contribution is 5.82. The molecule has 0 amide bonds. The minimum atomic E-state index is -1.22. The number of allylic oxidation sites excluding steroid dienone is 1. The molecular weight excluding hydrogens is 288 g/mol. The number of rotatable bonds is 7. The molecule has 23 heavy (non-hydrogen) atoms. The minimum Gasteiger partial charge on any atom is -0.468 e. The summed E-state index contributed by atoms with van der Waals surface area (Å²) in [5, 5.41) is 12.9. The Kier molecular flexibility index (Phi) is 6.84. The summed E-state index contributed by atoms with van der Waals surface area (Å²) in [5.41, 5.74) is -0.294. The first kappa shape index (κ1) is 18.8. The van der Waals surface area contributed by atoms with Crippen molar-refractivity contribution in [1.82, 2.24) is 0 Å². The molecule has 1 rings (SSSR count). The lowest BCUT2D eigenvalue weighted by molar-refractivity contribution is -0.147. The molecule has 1 N–H and O–H groups in total. The van der Waals surface area contributed by atoms with Crippen LogP contribution in [-0.2, 0) is 9.53 Å². The van der Waals surface area contributed by atoms with E-state index in [9.17, 15) is 10.1 Å². The number of carbonyl (C=O) groups is 1. The van der Waals surface area contributed by atoms with E-state index in [-0.39, 0.29) is 5.41 Å². The molecule has 0 saturated carbocycles. The number of anilines is 1. The van der Waals surface area contributed by atoms with Crippen molar-refractivity contribution in [2.24, 2.45) is 10.8 Å². The summed E-state index contributed by atoms with van der Waals surface area (Å²) in [4.78, 5) is 12.1. The van der Waals surface area contributed by atoms with Gasteiger partial charge in [0.25, 0.3) is 0 Å². The lowest BCUT2D eigenvalue weighted by Crippen LogP contribution is -2.30. The highest BCUT2D eigenvalue weighted by Gasteiger charge is 2.37. The molecule has 1 aromatic rings. The van der Waals surface area contributed by atoms with Gasteiger partial charge in [-0.2, -0.15) is 5.26 Å². The van der Waals surface area contributed by atoms with Crippen LogP contribution < -0.4 is 5.32 Å². The minimum absolute atomic E-state index is 0.0988. The number of ether oxygens (including phenoxy) is 1. The number of para-hydroxylation sites is 1. The predicted octanol–water partition coefficient (Wildman–Crippen LogP) is 4.16. The van der Waals surface area contributed by atoms with E-state index in [0.29, 0.717) is 19.4 Å². The Morgan fingerprint density at radius 2 is 1.91 bits per heavy atom. The lowest BCUT2D eigenvalue weighted by atomic mass is 9.81. The summed E-state index contributed by atoms with van der Waals surface area (Å²) in [6.45, 7) is 6.77. The normalized spacial score (nSPS) is 14.0. The van der Waals surface area contributed by atoms with Gasteiger partial charge in [-0.3, -0.25) is 0 Å². The summed E-state index contributed by atoms with van der Waals surface area (Å²) < 4.78 is 4.85. The molecule has 0 aliphatic carbocycles. The average molecular weight is 314 g/mol. The van der Waals surface area contributed by atoms with Crippen LogP contribution in [0.3, 0.4) is 0 Å². The van der Waals surface area contributed by atoms with Gasteiger partial charge < -0.3 is 10.1 Å².